The van der Waals surface area contributed by atoms with Crippen LogP contribution in [0.3, 0.4) is 0 Å². The quantitative estimate of drug-likeness (QED) is 0.440. The molecular weight excluding hydrogens is 406 g/mol. The normalized spacial score (nSPS) is 11.5. The van der Waals surface area contributed by atoms with E-state index in [2.05, 4.69) is 93.3 Å². The first-order valence-corrected chi connectivity index (χ1v) is 11.6. The van der Waals surface area contributed by atoms with E-state index in [1.165, 1.54) is 5.56 Å². The lowest BCUT2D eigenvalue weighted by atomic mass is 9.89. The van der Waals surface area contributed by atoms with Crippen LogP contribution in [0.1, 0.15) is 79.4 Å². The number of aromatic nitrogens is 5. The summed E-state index contributed by atoms with van der Waals surface area (Å²) in [5, 5.41) is 0. The second-order valence-electron chi connectivity index (χ2n) is 11.9. The standard InChI is InChI=1S/C10H15N.2C9H14N2/c1-10(2,3)7-9-5-4-6-11-8-9;1-9(2,3)6-8-4-5-10-7-11-8;1-9(2,3)7-8-10-5-4-6-11-8/h4-6,8H,7H2,1-3H3;4-5,7H,6H2,1-3H3;4-6H,7H2,1-3H3. The maximum Gasteiger partial charge on any atom is 0.128 e. The minimum absolute atomic E-state index is 0.279. The van der Waals surface area contributed by atoms with Gasteiger partial charge < -0.3 is 0 Å². The van der Waals surface area contributed by atoms with E-state index in [-0.39, 0.29) is 5.41 Å². The summed E-state index contributed by atoms with van der Waals surface area (Å²) in [5.41, 5.74) is 3.39. The van der Waals surface area contributed by atoms with Crippen molar-refractivity contribution in [2.45, 2.75) is 81.6 Å². The van der Waals surface area contributed by atoms with Gasteiger partial charge in [0.05, 0.1) is 0 Å². The Morgan fingerprint density at radius 2 is 1.18 bits per heavy atom. The average Bonchev–Trinajstić information content (AvgIpc) is 2.67. The molecule has 0 unspecified atom stereocenters. The van der Waals surface area contributed by atoms with Gasteiger partial charge >= 0.3 is 0 Å². The van der Waals surface area contributed by atoms with Gasteiger partial charge in [0.15, 0.2) is 0 Å². The van der Waals surface area contributed by atoms with Crippen molar-refractivity contribution >= 4 is 0 Å². The van der Waals surface area contributed by atoms with Crippen LogP contribution in [0.2, 0.25) is 0 Å². The third-order valence-electron chi connectivity index (χ3n) is 4.12. The van der Waals surface area contributed by atoms with Gasteiger partial charge in [-0.3, -0.25) is 4.98 Å². The molecule has 0 amide bonds. The van der Waals surface area contributed by atoms with Crippen molar-refractivity contribution in [2.75, 3.05) is 0 Å². The highest BCUT2D eigenvalue weighted by molar-refractivity contribution is 5.10. The fourth-order valence-electron chi connectivity index (χ4n) is 2.98. The Bertz CT molecular complexity index is 752. The highest BCUT2D eigenvalue weighted by Gasteiger charge is 2.12. The van der Waals surface area contributed by atoms with Gasteiger partial charge in [-0.15, -0.1) is 0 Å². The predicted octanol–water partition coefficient (Wildman–Crippen LogP) is 6.80. The topological polar surface area (TPSA) is 64.5 Å². The highest BCUT2D eigenvalue weighted by Crippen LogP contribution is 2.20. The molecule has 0 aliphatic rings. The largest absolute Gasteiger partial charge is 0.264 e. The molecule has 0 atom stereocenters. The molecule has 3 aromatic rings. The van der Waals surface area contributed by atoms with Gasteiger partial charge in [-0.2, -0.15) is 0 Å². The van der Waals surface area contributed by atoms with Crippen LogP contribution < -0.4 is 0 Å². The lowest BCUT2D eigenvalue weighted by molar-refractivity contribution is 0.400. The van der Waals surface area contributed by atoms with Crippen LogP contribution in [0.25, 0.3) is 0 Å². The maximum absolute atomic E-state index is 4.15. The summed E-state index contributed by atoms with van der Waals surface area (Å²) < 4.78 is 0. The molecule has 0 saturated carbocycles. The minimum atomic E-state index is 0.279. The molecule has 3 rings (SSSR count). The zero-order valence-electron chi connectivity index (χ0n) is 22.1. The van der Waals surface area contributed by atoms with Crippen molar-refractivity contribution in [3.63, 3.8) is 0 Å². The molecule has 0 radical (unpaired) electrons. The Morgan fingerprint density at radius 1 is 0.576 bits per heavy atom. The van der Waals surface area contributed by atoms with E-state index < -0.39 is 0 Å². The smallest absolute Gasteiger partial charge is 0.128 e. The van der Waals surface area contributed by atoms with Crippen LogP contribution in [-0.4, -0.2) is 24.9 Å². The summed E-state index contributed by atoms with van der Waals surface area (Å²) in [6, 6.07) is 7.91. The predicted molar refractivity (Wildman–Crippen MR) is 138 cm³/mol. The number of pyridine rings is 1. The lowest BCUT2D eigenvalue weighted by Crippen LogP contribution is -2.11. The SMILES string of the molecule is CC(C)(C)Cc1cccnc1.CC(C)(C)Cc1ccncn1.CC(C)(C)Cc1ncccn1. The zero-order valence-corrected chi connectivity index (χ0v) is 22.1. The molecule has 5 nitrogen and oxygen atoms in total. The van der Waals surface area contributed by atoms with Crippen molar-refractivity contribution in [3.05, 3.63) is 78.7 Å². The van der Waals surface area contributed by atoms with E-state index >= 15 is 0 Å². The molecule has 0 aromatic carbocycles. The van der Waals surface area contributed by atoms with Crippen molar-refractivity contribution in [1.82, 2.24) is 24.9 Å². The zero-order chi connectivity index (χ0) is 25.0. The summed E-state index contributed by atoms with van der Waals surface area (Å²) >= 11 is 0. The first kappa shape index (κ1) is 28.3. The van der Waals surface area contributed by atoms with Gasteiger partial charge in [-0.1, -0.05) is 68.4 Å². The molecule has 0 aliphatic carbocycles. The van der Waals surface area contributed by atoms with E-state index in [1.54, 1.807) is 24.9 Å². The van der Waals surface area contributed by atoms with Crippen molar-refractivity contribution < 1.29 is 0 Å². The molecule has 180 valence electrons. The lowest BCUT2D eigenvalue weighted by Gasteiger charge is -2.17. The summed E-state index contributed by atoms with van der Waals surface area (Å²) in [7, 11) is 0. The molecule has 0 saturated heterocycles. The van der Waals surface area contributed by atoms with Gasteiger partial charge in [0.25, 0.3) is 0 Å². The second kappa shape index (κ2) is 13.1. The molecule has 0 spiro atoms. The van der Waals surface area contributed by atoms with Crippen LogP contribution in [0, 0.1) is 16.2 Å². The summed E-state index contributed by atoms with van der Waals surface area (Å²) in [6.45, 7) is 19.9. The monoisotopic (exact) mass is 449 g/mol. The second-order valence-corrected chi connectivity index (χ2v) is 11.9. The first-order valence-electron chi connectivity index (χ1n) is 11.6. The fourth-order valence-corrected chi connectivity index (χ4v) is 2.98. The van der Waals surface area contributed by atoms with Crippen LogP contribution in [0.4, 0.5) is 0 Å². The van der Waals surface area contributed by atoms with Crippen molar-refractivity contribution in [1.29, 1.82) is 0 Å². The van der Waals surface area contributed by atoms with E-state index in [0.717, 1.165) is 30.8 Å². The molecule has 33 heavy (non-hydrogen) atoms. The van der Waals surface area contributed by atoms with Gasteiger partial charge in [-0.25, -0.2) is 19.9 Å². The molecular formula is C28H43N5. The Labute approximate surface area is 201 Å². The van der Waals surface area contributed by atoms with Crippen LogP contribution in [0.5, 0.6) is 0 Å². The molecule has 0 fully saturated rings. The Balaban J connectivity index is 0.000000247. The molecule has 3 aromatic heterocycles. The average molecular weight is 450 g/mol. The van der Waals surface area contributed by atoms with Crippen LogP contribution >= 0.6 is 0 Å². The third kappa shape index (κ3) is 16.6. The highest BCUT2D eigenvalue weighted by atomic mass is 14.9. The Morgan fingerprint density at radius 3 is 1.64 bits per heavy atom. The Kier molecular flexibility index (Phi) is 11.3. The van der Waals surface area contributed by atoms with Crippen LogP contribution in [0.15, 0.2) is 61.6 Å². The maximum atomic E-state index is 4.15. The summed E-state index contributed by atoms with van der Waals surface area (Å²) in [6.07, 6.45) is 13.7. The van der Waals surface area contributed by atoms with E-state index in [1.807, 2.05) is 30.6 Å². The van der Waals surface area contributed by atoms with Crippen LogP contribution in [-0.2, 0) is 19.3 Å². The first-order chi connectivity index (χ1) is 15.2. The molecule has 0 bridgehead atoms. The van der Waals surface area contributed by atoms with Gasteiger partial charge in [0.2, 0.25) is 0 Å². The van der Waals surface area contributed by atoms with Gasteiger partial charge in [-0.05, 0) is 52.8 Å². The molecule has 3 heterocycles. The number of rotatable bonds is 3. The van der Waals surface area contributed by atoms with Crippen molar-refractivity contribution in [3.8, 4) is 0 Å². The van der Waals surface area contributed by atoms with E-state index in [4.69, 9.17) is 0 Å². The fraction of sp³-hybridized carbons (Fsp3) is 0.536. The van der Waals surface area contributed by atoms with E-state index in [9.17, 15) is 0 Å². The van der Waals surface area contributed by atoms with Gasteiger partial charge in [0.1, 0.15) is 12.2 Å². The van der Waals surface area contributed by atoms with Gasteiger partial charge in [0, 0.05) is 43.1 Å². The summed E-state index contributed by atoms with van der Waals surface area (Å²) in [5.74, 6) is 0.931. The molecule has 0 aliphatic heterocycles. The van der Waals surface area contributed by atoms with E-state index in [0.29, 0.717) is 10.8 Å². The molecule has 0 N–H and O–H groups in total. The molecule has 5 heteroatoms. The number of nitrogens with zero attached hydrogens (tertiary/aromatic N) is 5. The van der Waals surface area contributed by atoms with Crippen molar-refractivity contribution in [2.24, 2.45) is 16.2 Å². The number of hydrogen-bond acceptors (Lipinski definition) is 5. The third-order valence-corrected chi connectivity index (χ3v) is 4.12. The number of hydrogen-bond donors (Lipinski definition) is 0. The Hall–Kier alpha value is -2.69. The minimum Gasteiger partial charge on any atom is -0.264 e. The summed E-state index contributed by atoms with van der Waals surface area (Å²) in [4.78, 5) is 20.4.